The third-order valence-electron chi connectivity index (χ3n) is 2.50. The van der Waals surface area contributed by atoms with Crippen LogP contribution in [0.1, 0.15) is 5.56 Å². The number of carbonyl (C=O) groups excluding carboxylic acids is 1. The van der Waals surface area contributed by atoms with E-state index >= 15 is 0 Å². The standard InChI is InChI=1S/C13H19NO8S2/c1-23(16,17)21-9-7-14-8-10-22-24(18,19)13(15)20-11-12-5-3-2-4-6-12/h2-6,14H,7-11H2,1H3. The quantitative estimate of drug-likeness (QED) is 0.344. The second-order valence-corrected chi connectivity index (χ2v) is 7.70. The van der Waals surface area contributed by atoms with E-state index < -0.39 is 25.5 Å². The van der Waals surface area contributed by atoms with E-state index in [1.165, 1.54) is 0 Å². The molecule has 0 spiro atoms. The molecule has 11 heteroatoms. The molecule has 0 heterocycles. The summed E-state index contributed by atoms with van der Waals surface area (Å²) in [7, 11) is -7.98. The molecule has 24 heavy (non-hydrogen) atoms. The van der Waals surface area contributed by atoms with Gasteiger partial charge in [0.05, 0.1) is 19.5 Å². The molecular formula is C13H19NO8S2. The summed E-state index contributed by atoms with van der Waals surface area (Å²) in [5.74, 6) is 0. The predicted molar refractivity (Wildman–Crippen MR) is 85.2 cm³/mol. The van der Waals surface area contributed by atoms with Crippen molar-refractivity contribution in [2.24, 2.45) is 0 Å². The third-order valence-corrected chi connectivity index (χ3v) is 4.10. The van der Waals surface area contributed by atoms with Crippen molar-refractivity contribution in [2.75, 3.05) is 32.6 Å². The van der Waals surface area contributed by atoms with Gasteiger partial charge in [0.25, 0.3) is 10.1 Å². The van der Waals surface area contributed by atoms with Crippen LogP contribution in [-0.2, 0) is 39.9 Å². The Kier molecular flexibility index (Phi) is 8.28. The molecule has 0 aliphatic heterocycles. The Morgan fingerprint density at radius 3 is 2.17 bits per heavy atom. The Labute approximate surface area is 141 Å². The van der Waals surface area contributed by atoms with E-state index in [1.54, 1.807) is 30.3 Å². The summed E-state index contributed by atoms with van der Waals surface area (Å²) >= 11 is 0. The summed E-state index contributed by atoms with van der Waals surface area (Å²) < 4.78 is 58.1. The lowest BCUT2D eigenvalue weighted by molar-refractivity contribution is 0.160. The molecule has 9 nitrogen and oxygen atoms in total. The van der Waals surface area contributed by atoms with Gasteiger partial charge in [0, 0.05) is 13.1 Å². The first kappa shape index (κ1) is 20.5. The molecule has 0 radical (unpaired) electrons. The summed E-state index contributed by atoms with van der Waals surface area (Å²) in [5.41, 5.74) is 0.647. The second kappa shape index (κ2) is 9.69. The molecule has 0 aliphatic rings. The maximum absolute atomic E-state index is 11.5. The van der Waals surface area contributed by atoms with Gasteiger partial charge in [0.1, 0.15) is 6.61 Å². The number of rotatable bonds is 10. The Balaban J connectivity index is 2.22. The molecule has 0 saturated heterocycles. The van der Waals surface area contributed by atoms with Crippen LogP contribution in [0.3, 0.4) is 0 Å². The molecule has 0 bridgehead atoms. The molecule has 1 aromatic carbocycles. The first-order valence-corrected chi connectivity index (χ1v) is 10.1. The Bertz CT molecular complexity index is 716. The molecule has 1 N–H and O–H groups in total. The van der Waals surface area contributed by atoms with Gasteiger partial charge in [0.15, 0.2) is 0 Å². The highest BCUT2D eigenvalue weighted by molar-refractivity contribution is 8.01. The third kappa shape index (κ3) is 8.93. The fourth-order valence-corrected chi connectivity index (χ4v) is 2.44. The van der Waals surface area contributed by atoms with Crippen molar-refractivity contribution in [1.82, 2.24) is 5.32 Å². The first-order valence-electron chi connectivity index (χ1n) is 6.86. The molecule has 0 aliphatic carbocycles. The highest BCUT2D eigenvalue weighted by Gasteiger charge is 2.25. The molecule has 0 saturated carbocycles. The highest BCUT2D eigenvalue weighted by Crippen LogP contribution is 2.05. The summed E-state index contributed by atoms with van der Waals surface area (Å²) in [6, 6.07) is 8.60. The van der Waals surface area contributed by atoms with Crippen LogP contribution in [0.5, 0.6) is 0 Å². The minimum atomic E-state index is -4.47. The molecule has 1 aromatic rings. The molecule has 136 valence electrons. The van der Waals surface area contributed by atoms with Gasteiger partial charge in [-0.1, -0.05) is 30.3 Å². The number of benzene rings is 1. The largest absolute Gasteiger partial charge is 0.452 e. The lowest BCUT2D eigenvalue weighted by Gasteiger charge is -2.07. The predicted octanol–water partition coefficient (Wildman–Crippen LogP) is 0.235. The number of hydrogen-bond acceptors (Lipinski definition) is 9. The molecule has 0 unspecified atom stereocenters. The van der Waals surface area contributed by atoms with Crippen molar-refractivity contribution in [3.8, 4) is 0 Å². The van der Waals surface area contributed by atoms with Crippen molar-refractivity contribution in [2.45, 2.75) is 6.61 Å². The van der Waals surface area contributed by atoms with Crippen LogP contribution in [0.2, 0.25) is 0 Å². The second-order valence-electron chi connectivity index (χ2n) is 4.58. The van der Waals surface area contributed by atoms with Gasteiger partial charge in [0.2, 0.25) is 0 Å². The van der Waals surface area contributed by atoms with Crippen LogP contribution < -0.4 is 5.32 Å². The molecule has 0 fully saturated rings. The van der Waals surface area contributed by atoms with E-state index in [9.17, 15) is 21.6 Å². The summed E-state index contributed by atoms with van der Waals surface area (Å²) in [6.07, 6.45) is 0.920. The molecule has 1 rings (SSSR count). The van der Waals surface area contributed by atoms with Gasteiger partial charge in [-0.15, -0.1) is 0 Å². The van der Waals surface area contributed by atoms with Crippen molar-refractivity contribution in [3.63, 3.8) is 0 Å². The molecule has 0 amide bonds. The summed E-state index contributed by atoms with van der Waals surface area (Å²) in [5, 5.41) is 1.23. The van der Waals surface area contributed by atoms with E-state index in [-0.39, 0.29) is 32.9 Å². The average molecular weight is 381 g/mol. The SMILES string of the molecule is CS(=O)(=O)OCCNCCOS(=O)(=O)C(=O)OCc1ccccc1. The Hall–Kier alpha value is -1.53. The van der Waals surface area contributed by atoms with Gasteiger partial charge < -0.3 is 10.1 Å². The van der Waals surface area contributed by atoms with Gasteiger partial charge in [-0.3, -0.25) is 8.37 Å². The van der Waals surface area contributed by atoms with Crippen molar-refractivity contribution in [3.05, 3.63) is 35.9 Å². The van der Waals surface area contributed by atoms with Crippen LogP contribution in [-0.4, -0.2) is 54.7 Å². The maximum atomic E-state index is 11.5. The van der Waals surface area contributed by atoms with Crippen LogP contribution in [0, 0.1) is 0 Å². The zero-order chi connectivity index (χ0) is 18.1. The van der Waals surface area contributed by atoms with Gasteiger partial charge in [-0.2, -0.15) is 16.8 Å². The van der Waals surface area contributed by atoms with E-state index in [0.29, 0.717) is 5.56 Å². The lowest BCUT2D eigenvalue weighted by atomic mass is 10.2. The number of carbonyl (C=O) groups is 1. The highest BCUT2D eigenvalue weighted by atomic mass is 32.2. The fraction of sp³-hybridized carbons (Fsp3) is 0.462. The smallest absolute Gasteiger partial charge is 0.448 e. The Morgan fingerprint density at radius 1 is 1.00 bits per heavy atom. The molecule has 0 aromatic heterocycles. The zero-order valence-corrected chi connectivity index (χ0v) is 14.6. The van der Waals surface area contributed by atoms with Crippen LogP contribution in [0.15, 0.2) is 30.3 Å². The average Bonchev–Trinajstić information content (AvgIpc) is 2.51. The first-order chi connectivity index (χ1) is 11.2. The van der Waals surface area contributed by atoms with Crippen LogP contribution in [0.25, 0.3) is 0 Å². The van der Waals surface area contributed by atoms with Crippen molar-refractivity contribution >= 4 is 25.5 Å². The molecule has 0 atom stereocenters. The lowest BCUT2D eigenvalue weighted by Crippen LogP contribution is -2.27. The topological polar surface area (TPSA) is 125 Å². The van der Waals surface area contributed by atoms with Gasteiger partial charge in [-0.05, 0) is 5.56 Å². The molecular weight excluding hydrogens is 362 g/mol. The van der Waals surface area contributed by atoms with Crippen molar-refractivity contribution in [1.29, 1.82) is 0 Å². The van der Waals surface area contributed by atoms with Crippen LogP contribution >= 0.6 is 0 Å². The Morgan fingerprint density at radius 2 is 1.58 bits per heavy atom. The monoisotopic (exact) mass is 381 g/mol. The van der Waals surface area contributed by atoms with Crippen LogP contribution in [0.4, 0.5) is 4.79 Å². The number of hydrogen-bond donors (Lipinski definition) is 1. The summed E-state index contributed by atoms with van der Waals surface area (Å²) in [6.45, 7) is -0.317. The minimum Gasteiger partial charge on any atom is -0.448 e. The van der Waals surface area contributed by atoms with Crippen molar-refractivity contribution < 1.29 is 34.7 Å². The normalized spacial score (nSPS) is 12.0. The maximum Gasteiger partial charge on any atom is 0.452 e. The van der Waals surface area contributed by atoms with E-state index in [0.717, 1.165) is 6.26 Å². The van der Waals surface area contributed by atoms with E-state index in [4.69, 9.17) is 0 Å². The van der Waals surface area contributed by atoms with E-state index in [1.807, 2.05) is 0 Å². The minimum absolute atomic E-state index is 0.0817. The fourth-order valence-electron chi connectivity index (χ4n) is 1.45. The zero-order valence-electron chi connectivity index (χ0n) is 13.0. The van der Waals surface area contributed by atoms with Gasteiger partial charge >= 0.3 is 15.4 Å². The summed E-state index contributed by atoms with van der Waals surface area (Å²) in [4.78, 5) is 11.5. The van der Waals surface area contributed by atoms with Gasteiger partial charge in [-0.25, -0.2) is 4.79 Å². The number of nitrogens with one attached hydrogen (secondary N) is 1. The van der Waals surface area contributed by atoms with E-state index in [2.05, 4.69) is 18.4 Å². The number of ether oxygens (including phenoxy) is 1.